The molecule has 0 aromatic heterocycles. The predicted molar refractivity (Wildman–Crippen MR) is 45.1 cm³/mol. The quantitative estimate of drug-likeness (QED) is 0.464. The smallest absolute Gasteiger partial charge is 0.00129 e. The lowest BCUT2D eigenvalue weighted by Gasteiger charge is -2.18. The van der Waals surface area contributed by atoms with Crippen LogP contribution in [0, 0.1) is 0 Å². The Hall–Kier alpha value is -0.300. The first-order chi connectivity index (χ1) is 4.79. The number of rotatable bonds is 0. The summed E-state index contributed by atoms with van der Waals surface area (Å²) in [6, 6.07) is 0. The van der Waals surface area contributed by atoms with E-state index in [1.807, 2.05) is 0 Å². The van der Waals surface area contributed by atoms with E-state index in [0.717, 1.165) is 0 Å². The molecule has 1 heterocycles. The minimum absolute atomic E-state index is 1.23. The first-order valence-corrected chi connectivity index (χ1v) is 4.13. The molecule has 1 rings (SSSR count). The zero-order valence-corrected chi connectivity index (χ0v) is 7.06. The van der Waals surface area contributed by atoms with Crippen molar-refractivity contribution < 1.29 is 0 Å². The molecule has 1 heteroatoms. The Bertz CT molecular complexity index is 127. The summed E-state index contributed by atoms with van der Waals surface area (Å²) in [6.07, 6.45) is 6.24. The van der Waals surface area contributed by atoms with Crippen molar-refractivity contribution in [2.24, 2.45) is 0 Å². The largest absolute Gasteiger partial charge is 0.306 e. The molecule has 0 unspecified atom stereocenters. The number of hydrogen-bond acceptors (Lipinski definition) is 1. The fourth-order valence-corrected chi connectivity index (χ4v) is 1.37. The van der Waals surface area contributed by atoms with Crippen LogP contribution in [0.5, 0.6) is 0 Å². The lowest BCUT2D eigenvalue weighted by molar-refractivity contribution is 0.331. The van der Waals surface area contributed by atoms with Crippen molar-refractivity contribution in [3.63, 3.8) is 0 Å². The molecule has 0 N–H and O–H groups in total. The summed E-state index contributed by atoms with van der Waals surface area (Å²) in [5, 5.41) is 0. The maximum absolute atomic E-state index is 2.41. The van der Waals surface area contributed by atoms with Crippen LogP contribution in [0.2, 0.25) is 0 Å². The molecule has 0 radical (unpaired) electrons. The van der Waals surface area contributed by atoms with Gasteiger partial charge in [-0.05, 0) is 39.8 Å². The molecule has 1 aliphatic heterocycles. The Kier molecular flexibility index (Phi) is 2.94. The third kappa shape index (κ3) is 2.53. The topological polar surface area (TPSA) is 3.24 Å². The molecule has 0 amide bonds. The highest BCUT2D eigenvalue weighted by molar-refractivity contribution is 4.99. The van der Waals surface area contributed by atoms with Gasteiger partial charge in [-0.25, -0.2) is 0 Å². The van der Waals surface area contributed by atoms with Gasteiger partial charge in [-0.2, -0.15) is 0 Å². The van der Waals surface area contributed by atoms with Gasteiger partial charge in [0.15, 0.2) is 0 Å². The molecule has 0 aromatic rings. The van der Waals surface area contributed by atoms with Gasteiger partial charge in [0.1, 0.15) is 0 Å². The summed E-state index contributed by atoms with van der Waals surface area (Å²) >= 11 is 0. The van der Waals surface area contributed by atoms with Crippen molar-refractivity contribution in [2.45, 2.75) is 26.2 Å². The van der Waals surface area contributed by atoms with Crippen LogP contribution in [-0.4, -0.2) is 25.0 Å². The molecule has 0 saturated heterocycles. The molecule has 0 spiro atoms. The summed E-state index contributed by atoms with van der Waals surface area (Å²) in [4.78, 5) is 2.41. The SMILES string of the molecule is C/C1=C/CCN(C)CCC1. The Morgan fingerprint density at radius 2 is 2.20 bits per heavy atom. The highest BCUT2D eigenvalue weighted by Gasteiger charge is 2.00. The second kappa shape index (κ2) is 3.77. The van der Waals surface area contributed by atoms with Gasteiger partial charge < -0.3 is 4.90 Å². The summed E-state index contributed by atoms with van der Waals surface area (Å²) in [7, 11) is 2.20. The first-order valence-electron chi connectivity index (χ1n) is 4.13. The Morgan fingerprint density at radius 3 is 3.00 bits per heavy atom. The number of hydrogen-bond donors (Lipinski definition) is 0. The van der Waals surface area contributed by atoms with Crippen LogP contribution in [0.1, 0.15) is 26.2 Å². The molecule has 58 valence electrons. The van der Waals surface area contributed by atoms with Gasteiger partial charge in [0.25, 0.3) is 0 Å². The average Bonchev–Trinajstić information content (AvgIpc) is 1.84. The van der Waals surface area contributed by atoms with E-state index in [1.54, 1.807) is 5.57 Å². The van der Waals surface area contributed by atoms with Gasteiger partial charge in [0.05, 0.1) is 0 Å². The average molecular weight is 139 g/mol. The van der Waals surface area contributed by atoms with Gasteiger partial charge in [-0.3, -0.25) is 0 Å². The fraction of sp³-hybridized carbons (Fsp3) is 0.778. The molecular formula is C9H17N. The molecular weight excluding hydrogens is 122 g/mol. The monoisotopic (exact) mass is 139 g/mol. The van der Waals surface area contributed by atoms with Gasteiger partial charge in [0, 0.05) is 6.54 Å². The van der Waals surface area contributed by atoms with E-state index in [4.69, 9.17) is 0 Å². The van der Waals surface area contributed by atoms with E-state index in [9.17, 15) is 0 Å². The number of allylic oxidation sites excluding steroid dienone is 1. The van der Waals surface area contributed by atoms with E-state index in [-0.39, 0.29) is 0 Å². The summed E-state index contributed by atoms with van der Waals surface area (Å²) in [5.41, 5.74) is 1.58. The second-order valence-corrected chi connectivity index (χ2v) is 3.25. The van der Waals surface area contributed by atoms with Gasteiger partial charge in [-0.15, -0.1) is 0 Å². The van der Waals surface area contributed by atoms with Gasteiger partial charge >= 0.3 is 0 Å². The van der Waals surface area contributed by atoms with Crippen LogP contribution >= 0.6 is 0 Å². The first kappa shape index (κ1) is 7.80. The summed E-state index contributed by atoms with van der Waals surface area (Å²) in [6.45, 7) is 4.74. The highest BCUT2D eigenvalue weighted by Crippen LogP contribution is 2.09. The maximum Gasteiger partial charge on any atom is 0.00129 e. The van der Waals surface area contributed by atoms with Crippen molar-refractivity contribution in [3.8, 4) is 0 Å². The van der Waals surface area contributed by atoms with Crippen molar-refractivity contribution >= 4 is 0 Å². The van der Waals surface area contributed by atoms with Gasteiger partial charge in [0.2, 0.25) is 0 Å². The second-order valence-electron chi connectivity index (χ2n) is 3.25. The third-order valence-electron chi connectivity index (χ3n) is 2.11. The molecule has 0 atom stereocenters. The van der Waals surface area contributed by atoms with Crippen LogP contribution in [0.4, 0.5) is 0 Å². The van der Waals surface area contributed by atoms with Crippen LogP contribution < -0.4 is 0 Å². The minimum Gasteiger partial charge on any atom is -0.306 e. The van der Waals surface area contributed by atoms with E-state index in [0.29, 0.717) is 0 Å². The molecule has 0 fully saturated rings. The molecule has 0 saturated carbocycles. The Balaban J connectivity index is 2.38. The normalized spacial score (nSPS) is 28.4. The molecule has 1 aliphatic rings. The Labute approximate surface area is 63.7 Å². The van der Waals surface area contributed by atoms with Crippen molar-refractivity contribution in [1.82, 2.24) is 4.90 Å². The van der Waals surface area contributed by atoms with Crippen LogP contribution in [-0.2, 0) is 0 Å². The molecule has 0 bridgehead atoms. The van der Waals surface area contributed by atoms with E-state index < -0.39 is 0 Å². The van der Waals surface area contributed by atoms with E-state index in [2.05, 4.69) is 24.9 Å². The lowest BCUT2D eigenvalue weighted by Crippen LogP contribution is -2.21. The minimum atomic E-state index is 1.23. The molecule has 1 nitrogen and oxygen atoms in total. The summed E-state index contributed by atoms with van der Waals surface area (Å²) < 4.78 is 0. The van der Waals surface area contributed by atoms with Crippen LogP contribution in [0.25, 0.3) is 0 Å². The molecule has 0 aliphatic carbocycles. The maximum atomic E-state index is 2.41. The lowest BCUT2D eigenvalue weighted by atomic mass is 10.1. The zero-order chi connectivity index (χ0) is 7.40. The standard InChI is InChI=1S/C9H17N/c1-9-5-3-7-10(2)8-4-6-9/h5H,3-4,6-8H2,1-2H3/b9-5-. The summed E-state index contributed by atoms with van der Waals surface area (Å²) in [5.74, 6) is 0. The van der Waals surface area contributed by atoms with Crippen LogP contribution in [0.15, 0.2) is 11.6 Å². The van der Waals surface area contributed by atoms with Crippen molar-refractivity contribution in [3.05, 3.63) is 11.6 Å². The molecule has 0 aromatic carbocycles. The van der Waals surface area contributed by atoms with Crippen LogP contribution in [0.3, 0.4) is 0 Å². The fourth-order valence-electron chi connectivity index (χ4n) is 1.37. The van der Waals surface area contributed by atoms with E-state index in [1.165, 1.54) is 32.4 Å². The zero-order valence-electron chi connectivity index (χ0n) is 7.06. The third-order valence-corrected chi connectivity index (χ3v) is 2.11. The van der Waals surface area contributed by atoms with Gasteiger partial charge in [-0.1, -0.05) is 11.6 Å². The van der Waals surface area contributed by atoms with Crippen molar-refractivity contribution in [1.29, 1.82) is 0 Å². The molecule has 10 heavy (non-hydrogen) atoms. The van der Waals surface area contributed by atoms with E-state index >= 15 is 0 Å². The number of nitrogens with zero attached hydrogens (tertiary/aromatic N) is 1. The van der Waals surface area contributed by atoms with Crippen molar-refractivity contribution in [2.75, 3.05) is 20.1 Å². The predicted octanol–water partition coefficient (Wildman–Crippen LogP) is 2.05. The Morgan fingerprint density at radius 1 is 1.40 bits per heavy atom. The highest BCUT2D eigenvalue weighted by atomic mass is 15.1.